The fraction of sp³-hybridized carbons (Fsp3) is 0.417. The summed E-state index contributed by atoms with van der Waals surface area (Å²) in [6, 6.07) is 10.8. The maximum absolute atomic E-state index is 13.2. The van der Waals surface area contributed by atoms with Crippen LogP contribution in [-0.2, 0) is 15.6 Å². The first-order valence-electron chi connectivity index (χ1n) is 10.8. The van der Waals surface area contributed by atoms with Crippen molar-refractivity contribution in [3.05, 3.63) is 80.7 Å². The van der Waals surface area contributed by atoms with E-state index >= 15 is 0 Å². The topological polar surface area (TPSA) is 111 Å². The minimum absolute atomic E-state index is 0.0480. The number of benzene rings is 1. The number of aromatic hydroxyl groups is 1. The van der Waals surface area contributed by atoms with Gasteiger partial charge < -0.3 is 14.0 Å². The zero-order chi connectivity index (χ0) is 23.0. The van der Waals surface area contributed by atoms with Crippen molar-refractivity contribution < 1.29 is 22.5 Å². The Hall–Kier alpha value is -2.87. The SMILES string of the molecule is CCC(c1cc(O)c(C(c2ccccc2)C2CC2)c(=O)o1)S(=O)(=O)Cc1c(C)noc1C. The molecule has 3 aromatic rings. The van der Waals surface area contributed by atoms with Crippen molar-refractivity contribution in [1.82, 2.24) is 5.16 Å². The molecule has 7 nitrogen and oxygen atoms in total. The molecule has 8 heteroatoms. The molecule has 1 aliphatic carbocycles. The Morgan fingerprint density at radius 2 is 1.88 bits per heavy atom. The predicted molar refractivity (Wildman–Crippen MR) is 119 cm³/mol. The van der Waals surface area contributed by atoms with Gasteiger partial charge in [0, 0.05) is 17.5 Å². The van der Waals surface area contributed by atoms with Crippen LogP contribution in [0.5, 0.6) is 5.75 Å². The van der Waals surface area contributed by atoms with E-state index in [1.807, 2.05) is 30.3 Å². The van der Waals surface area contributed by atoms with Crippen LogP contribution in [0.3, 0.4) is 0 Å². The number of nitrogens with zero attached hydrogens (tertiary/aromatic N) is 1. The molecule has 0 aliphatic heterocycles. The molecule has 4 rings (SSSR count). The van der Waals surface area contributed by atoms with Crippen LogP contribution < -0.4 is 5.63 Å². The molecular weight excluding hydrogens is 430 g/mol. The molecule has 1 aliphatic rings. The minimum atomic E-state index is -3.76. The minimum Gasteiger partial charge on any atom is -0.507 e. The van der Waals surface area contributed by atoms with Gasteiger partial charge in [0.2, 0.25) is 0 Å². The van der Waals surface area contributed by atoms with Gasteiger partial charge >= 0.3 is 5.63 Å². The normalized spacial score (nSPS) is 16.1. The summed E-state index contributed by atoms with van der Waals surface area (Å²) >= 11 is 0. The molecule has 170 valence electrons. The van der Waals surface area contributed by atoms with Crippen molar-refractivity contribution in [2.45, 2.75) is 57.0 Å². The third kappa shape index (κ3) is 4.24. The number of hydrogen-bond donors (Lipinski definition) is 1. The molecule has 2 unspecified atom stereocenters. The molecular formula is C24H27NO6S. The van der Waals surface area contributed by atoms with Crippen LogP contribution in [-0.4, -0.2) is 18.7 Å². The van der Waals surface area contributed by atoms with Gasteiger partial charge in [-0.3, -0.25) is 0 Å². The predicted octanol–water partition coefficient (Wildman–Crippen LogP) is 4.56. The maximum atomic E-state index is 13.2. The molecule has 2 atom stereocenters. The fourth-order valence-electron chi connectivity index (χ4n) is 4.36. The van der Waals surface area contributed by atoms with E-state index in [9.17, 15) is 18.3 Å². The average molecular weight is 458 g/mol. The van der Waals surface area contributed by atoms with Crippen LogP contribution in [0.4, 0.5) is 0 Å². The zero-order valence-corrected chi connectivity index (χ0v) is 19.2. The van der Waals surface area contributed by atoms with Crippen LogP contribution in [0.25, 0.3) is 0 Å². The lowest BCUT2D eigenvalue weighted by molar-refractivity contribution is 0.392. The smallest absolute Gasteiger partial charge is 0.343 e. The second kappa shape index (κ2) is 8.58. The van der Waals surface area contributed by atoms with Gasteiger partial charge in [0.15, 0.2) is 9.84 Å². The highest BCUT2D eigenvalue weighted by molar-refractivity contribution is 7.90. The first-order chi connectivity index (χ1) is 15.2. The summed E-state index contributed by atoms with van der Waals surface area (Å²) in [5.74, 6) is -0.136. The number of aryl methyl sites for hydroxylation is 2. The lowest BCUT2D eigenvalue weighted by Gasteiger charge is -2.20. The van der Waals surface area contributed by atoms with Crippen LogP contribution >= 0.6 is 0 Å². The summed E-state index contributed by atoms with van der Waals surface area (Å²) in [7, 11) is -3.76. The van der Waals surface area contributed by atoms with Crippen molar-refractivity contribution >= 4 is 9.84 Å². The fourth-order valence-corrected chi connectivity index (χ4v) is 6.35. The van der Waals surface area contributed by atoms with Crippen molar-refractivity contribution in [2.24, 2.45) is 5.92 Å². The maximum Gasteiger partial charge on any atom is 0.343 e. The molecule has 2 aromatic heterocycles. The van der Waals surface area contributed by atoms with Gasteiger partial charge in [0.25, 0.3) is 0 Å². The second-order valence-electron chi connectivity index (χ2n) is 8.47. The van der Waals surface area contributed by atoms with Gasteiger partial charge in [-0.15, -0.1) is 0 Å². The van der Waals surface area contributed by atoms with Crippen LogP contribution in [0.15, 0.2) is 50.1 Å². The largest absolute Gasteiger partial charge is 0.507 e. The summed E-state index contributed by atoms with van der Waals surface area (Å²) in [4.78, 5) is 13.0. The van der Waals surface area contributed by atoms with Gasteiger partial charge in [-0.1, -0.05) is 42.4 Å². The van der Waals surface area contributed by atoms with Gasteiger partial charge in [-0.25, -0.2) is 13.2 Å². The highest BCUT2D eigenvalue weighted by Crippen LogP contribution is 2.48. The molecule has 1 aromatic carbocycles. The molecule has 2 heterocycles. The van der Waals surface area contributed by atoms with E-state index in [0.29, 0.717) is 17.0 Å². The van der Waals surface area contributed by atoms with Gasteiger partial charge in [0.05, 0.1) is 17.0 Å². The number of hydrogen-bond acceptors (Lipinski definition) is 7. The standard InChI is InChI=1S/C24H27NO6S/c1-4-21(32(28,29)13-18-14(2)25-31-15(18)3)20-12-19(26)23(24(27)30-20)22(17-10-11-17)16-8-6-5-7-9-16/h5-9,12,17,21-22,26H,4,10-11,13H2,1-3H3. The van der Waals surface area contributed by atoms with E-state index in [2.05, 4.69) is 5.16 Å². The van der Waals surface area contributed by atoms with E-state index in [0.717, 1.165) is 18.4 Å². The Labute approximate surface area is 187 Å². The van der Waals surface area contributed by atoms with Gasteiger partial charge in [0.1, 0.15) is 22.5 Å². The highest BCUT2D eigenvalue weighted by Gasteiger charge is 2.38. The molecule has 1 saturated carbocycles. The summed E-state index contributed by atoms with van der Waals surface area (Å²) in [6.07, 6.45) is 2.12. The molecule has 1 fully saturated rings. The Balaban J connectivity index is 1.72. The van der Waals surface area contributed by atoms with Crippen molar-refractivity contribution in [2.75, 3.05) is 0 Å². The van der Waals surface area contributed by atoms with E-state index in [1.54, 1.807) is 20.8 Å². The molecule has 32 heavy (non-hydrogen) atoms. The Morgan fingerprint density at radius 3 is 2.41 bits per heavy atom. The van der Waals surface area contributed by atoms with Gasteiger partial charge in [-0.2, -0.15) is 0 Å². The highest BCUT2D eigenvalue weighted by atomic mass is 32.2. The van der Waals surface area contributed by atoms with Crippen LogP contribution in [0.2, 0.25) is 0 Å². The quantitative estimate of drug-likeness (QED) is 0.528. The van der Waals surface area contributed by atoms with E-state index < -0.39 is 20.7 Å². The third-order valence-corrected chi connectivity index (χ3v) is 8.32. The number of aromatic nitrogens is 1. The number of sulfone groups is 1. The van der Waals surface area contributed by atoms with Crippen molar-refractivity contribution in [3.8, 4) is 5.75 Å². The van der Waals surface area contributed by atoms with Crippen molar-refractivity contribution in [1.29, 1.82) is 0 Å². The first-order valence-corrected chi connectivity index (χ1v) is 12.5. The summed E-state index contributed by atoms with van der Waals surface area (Å²) in [6.45, 7) is 5.05. The summed E-state index contributed by atoms with van der Waals surface area (Å²) < 4.78 is 37.0. The lowest BCUT2D eigenvalue weighted by atomic mass is 9.87. The Morgan fingerprint density at radius 1 is 1.19 bits per heavy atom. The molecule has 0 spiro atoms. The molecule has 0 saturated heterocycles. The number of rotatable bonds is 8. The monoisotopic (exact) mass is 457 g/mol. The Bertz CT molecular complexity index is 1250. The Kier molecular flexibility index (Phi) is 5.99. The summed E-state index contributed by atoms with van der Waals surface area (Å²) in [5.41, 5.74) is 1.45. The zero-order valence-electron chi connectivity index (χ0n) is 18.4. The molecule has 0 amide bonds. The van der Waals surface area contributed by atoms with Crippen LogP contribution in [0, 0.1) is 19.8 Å². The van der Waals surface area contributed by atoms with Gasteiger partial charge in [-0.05, 0) is 44.6 Å². The van der Waals surface area contributed by atoms with Crippen molar-refractivity contribution in [3.63, 3.8) is 0 Å². The van der Waals surface area contributed by atoms with E-state index in [-0.39, 0.29) is 41.1 Å². The van der Waals surface area contributed by atoms with Crippen LogP contribution in [0.1, 0.15) is 71.3 Å². The molecule has 0 radical (unpaired) electrons. The lowest BCUT2D eigenvalue weighted by Crippen LogP contribution is -2.20. The molecule has 0 bridgehead atoms. The molecule has 1 N–H and O–H groups in total. The van der Waals surface area contributed by atoms with E-state index in [1.165, 1.54) is 6.07 Å². The third-order valence-electron chi connectivity index (χ3n) is 6.20. The summed E-state index contributed by atoms with van der Waals surface area (Å²) in [5, 5.41) is 13.6. The van der Waals surface area contributed by atoms with E-state index in [4.69, 9.17) is 8.94 Å². The first kappa shape index (κ1) is 22.3. The second-order valence-corrected chi connectivity index (χ2v) is 10.7. The average Bonchev–Trinajstić information content (AvgIpc) is 3.53.